The van der Waals surface area contributed by atoms with Crippen molar-refractivity contribution in [3.8, 4) is 33.4 Å². The van der Waals surface area contributed by atoms with Crippen molar-refractivity contribution >= 4 is 438 Å². The van der Waals surface area contributed by atoms with Crippen LogP contribution in [0.3, 0.4) is 0 Å². The molecule has 1 nitrogen and oxygen atoms in total. The van der Waals surface area contributed by atoms with E-state index in [1.54, 1.807) is 0 Å². The highest BCUT2D eigenvalue weighted by Gasteiger charge is 2.31. The van der Waals surface area contributed by atoms with Gasteiger partial charge in [-0.2, -0.15) is 0 Å². The van der Waals surface area contributed by atoms with Gasteiger partial charge in [-0.15, -0.1) is 43.7 Å². The highest BCUT2D eigenvalue weighted by atomic mass is 16.3. The van der Waals surface area contributed by atoms with E-state index in [2.05, 4.69) is 0 Å². The van der Waals surface area contributed by atoms with E-state index in [-0.39, 0.29) is 251 Å². The number of hydrogen-bond donors (Lipinski definition) is 0. The van der Waals surface area contributed by atoms with Crippen molar-refractivity contribution < 1.29 is 4.42 Å². The molecule has 0 amide bonds. The number of rotatable bonds is 3. The van der Waals surface area contributed by atoms with Gasteiger partial charge in [0.15, 0.2) is 0 Å². The zero-order chi connectivity index (χ0) is 55.3. The summed E-state index contributed by atoms with van der Waals surface area (Å²) in [5.74, 6) is 0. The van der Waals surface area contributed by atoms with Crippen LogP contribution in [0.5, 0.6) is 0 Å². The minimum Gasteiger partial charge on any atom is -0.457 e. The number of furan rings is 1. The Bertz CT molecular complexity index is 4330. The summed E-state index contributed by atoms with van der Waals surface area (Å²) in [6.45, 7) is 0. The fraction of sp³-hybridized carbons (Fsp3) is 0. The van der Waals surface area contributed by atoms with Crippen molar-refractivity contribution in [3.05, 3.63) is 0 Å². The Hall–Kier alpha value is -4.36. The Balaban J connectivity index is 1.41. The van der Waals surface area contributed by atoms with Crippen LogP contribution in [0.25, 0.3) is 98.4 Å². The van der Waals surface area contributed by atoms with Crippen molar-refractivity contribution in [2.75, 3.05) is 0 Å². The molecule has 1 aromatic heterocycles. The molecule has 1 heterocycles. The molecule has 0 N–H and O–H groups in total. The molecule has 0 aliphatic heterocycles. The summed E-state index contributed by atoms with van der Waals surface area (Å²) in [5, 5.41) is 0.683. The Morgan fingerprint density at radius 1 is 0.120 bits per heavy atom. The molecule has 29 heteroatoms. The molecular weight excluding hydrogens is 871 g/mol. The largest absolute Gasteiger partial charge is 0.457 e. The molecular formula is C46B28O. The number of fused-ring (bicyclic) bond motifs is 8. The van der Waals surface area contributed by atoms with Crippen molar-refractivity contribution in [2.24, 2.45) is 0 Å². The van der Waals surface area contributed by atoms with Crippen LogP contribution in [-0.4, -0.2) is 220 Å². The minimum atomic E-state index is -0.281. The first-order valence-electron chi connectivity index (χ1n) is 22.0. The van der Waals surface area contributed by atoms with Crippen molar-refractivity contribution in [2.45, 2.75) is 0 Å². The summed E-state index contributed by atoms with van der Waals surface area (Å²) in [6.07, 6.45) is 0. The zero-order valence-corrected chi connectivity index (χ0v) is 39.6. The monoisotopic (exact) mass is 876 g/mol. The smallest absolute Gasteiger partial charge is 0.127 e. The van der Waals surface area contributed by atoms with Gasteiger partial charge in [-0.05, 0) is 76.5 Å². The van der Waals surface area contributed by atoms with E-state index in [4.69, 9.17) is 224 Å². The lowest BCUT2D eigenvalue weighted by molar-refractivity contribution is 0.675. The van der Waals surface area contributed by atoms with E-state index in [1.807, 2.05) is 0 Å². The molecule has 0 aliphatic rings. The van der Waals surface area contributed by atoms with Gasteiger partial charge >= 0.3 is 0 Å². The molecule has 10 aromatic rings. The van der Waals surface area contributed by atoms with Gasteiger partial charge < -0.3 is 4.42 Å². The Morgan fingerprint density at radius 3 is 0.667 bits per heavy atom. The quantitative estimate of drug-likeness (QED) is 0.0979. The van der Waals surface area contributed by atoms with E-state index < -0.39 is 0 Å². The number of hydrogen-bond acceptors (Lipinski definition) is 1. The van der Waals surface area contributed by atoms with Crippen LogP contribution in [-0.2, 0) is 0 Å². The van der Waals surface area contributed by atoms with E-state index in [0.29, 0.717) is 0 Å². The molecule has 0 saturated carbocycles. The lowest BCUT2D eigenvalue weighted by Crippen LogP contribution is -2.52. The third kappa shape index (κ3) is 6.85. The van der Waals surface area contributed by atoms with Crippen molar-refractivity contribution in [3.63, 3.8) is 0 Å². The Morgan fingerprint density at radius 2 is 0.293 bits per heavy atom. The van der Waals surface area contributed by atoms with Gasteiger partial charge in [0.1, 0.15) is 231 Å². The SMILES string of the molecule is [B]c1c([B])c(-c2c3c([B])c([B])c([B])c([B])c3c(-c3c([B])c([B])c4oc5c([B])c([B])c([B])c([B])c5c4c3[B])c3c([B])c([B])c([B])c([B])c23)c([B])c([B])c1-c1c([B])c([B])c2c(c1[B])c([B])c([B])c1c([B])c([B])c([B])c([B])c12. The second-order valence-electron chi connectivity index (χ2n) is 18.3. The van der Waals surface area contributed by atoms with E-state index in [9.17, 15) is 0 Å². The summed E-state index contributed by atoms with van der Waals surface area (Å²) in [7, 11) is 190. The summed E-state index contributed by atoms with van der Waals surface area (Å²) < 4.78 is 6.18. The summed E-state index contributed by atoms with van der Waals surface area (Å²) >= 11 is 0. The predicted octanol–water partition coefficient (Wildman–Crippen LogP) is -20.6. The van der Waals surface area contributed by atoms with Crippen LogP contribution in [0.4, 0.5) is 0 Å². The minimum absolute atomic E-state index is 0.00146. The molecule has 10 rings (SSSR count). The second kappa shape index (κ2) is 18.1. The first-order chi connectivity index (χ1) is 35.0. The maximum absolute atomic E-state index is 7.22. The molecule has 274 valence electrons. The summed E-state index contributed by atoms with van der Waals surface area (Å²) in [4.78, 5) is 0. The zero-order valence-electron chi connectivity index (χ0n) is 39.6. The lowest BCUT2D eigenvalue weighted by Gasteiger charge is -2.33. The first-order valence-corrected chi connectivity index (χ1v) is 22.0. The molecule has 56 radical (unpaired) electrons. The molecule has 0 atom stereocenters. The molecule has 0 aliphatic carbocycles. The fourth-order valence-electron chi connectivity index (χ4n) is 10.7. The molecule has 0 bridgehead atoms. The van der Waals surface area contributed by atoms with E-state index >= 15 is 0 Å². The molecule has 0 fully saturated rings. The van der Waals surface area contributed by atoms with Crippen molar-refractivity contribution in [1.82, 2.24) is 0 Å². The highest BCUT2D eigenvalue weighted by molar-refractivity contribution is 6.78. The van der Waals surface area contributed by atoms with Crippen LogP contribution in [0.1, 0.15) is 0 Å². The molecule has 0 spiro atoms. The van der Waals surface area contributed by atoms with Gasteiger partial charge in [-0.3, -0.25) is 0 Å². The van der Waals surface area contributed by atoms with Crippen LogP contribution in [0.15, 0.2) is 4.42 Å². The third-order valence-electron chi connectivity index (χ3n) is 14.7. The fourth-order valence-corrected chi connectivity index (χ4v) is 10.7. The van der Waals surface area contributed by atoms with Crippen LogP contribution in [0.2, 0.25) is 0 Å². The average Bonchev–Trinajstić information content (AvgIpc) is 3.79. The maximum Gasteiger partial charge on any atom is 0.127 e. The summed E-state index contributed by atoms with van der Waals surface area (Å²) in [6, 6.07) is 0. The summed E-state index contributed by atoms with van der Waals surface area (Å²) in [5.41, 5.74) is -4.54. The Kier molecular flexibility index (Phi) is 13.0. The molecule has 0 saturated heterocycles. The highest BCUT2D eigenvalue weighted by Crippen LogP contribution is 2.40. The Labute approximate surface area is 472 Å². The van der Waals surface area contributed by atoms with Crippen LogP contribution >= 0.6 is 0 Å². The first kappa shape index (κ1) is 54.0. The van der Waals surface area contributed by atoms with Crippen LogP contribution < -0.4 is 153 Å². The molecule has 9 aromatic carbocycles. The van der Waals surface area contributed by atoms with Crippen molar-refractivity contribution in [1.29, 1.82) is 0 Å². The lowest BCUT2D eigenvalue weighted by atomic mass is 9.55. The van der Waals surface area contributed by atoms with Gasteiger partial charge in [0.05, 0.1) is 0 Å². The van der Waals surface area contributed by atoms with Gasteiger partial charge in [0.2, 0.25) is 0 Å². The van der Waals surface area contributed by atoms with E-state index in [1.165, 1.54) is 0 Å². The standard InChI is InChI=1S/C46B28O/c47-17-11-7(8-12(28(58)27(11)57)32(62)40(70)39(69)24(8)54)19(49)29(59)13(17)14-30(60)25(55)10(26(56)31(14)61)2-5-3(20(50)35(65)37(67)22(5)52)1(4-6(2)23(53)38(68)36(66)21(4)51)9-18(48)15-16-34(64)41(71)42(72)44(74)46(16)75-45(15)43(73)33(9)63. The number of benzene rings is 9. The molecule has 75 heavy (non-hydrogen) atoms. The predicted molar refractivity (Wildman–Crippen MR) is 351 cm³/mol. The maximum atomic E-state index is 7.22. The van der Waals surface area contributed by atoms with E-state index in [0.717, 1.165) is 0 Å². The van der Waals surface area contributed by atoms with Gasteiger partial charge in [-0.25, -0.2) is 0 Å². The third-order valence-corrected chi connectivity index (χ3v) is 14.7. The van der Waals surface area contributed by atoms with Gasteiger partial charge in [-0.1, -0.05) is 109 Å². The van der Waals surface area contributed by atoms with Crippen LogP contribution in [0, 0.1) is 0 Å². The van der Waals surface area contributed by atoms with Gasteiger partial charge in [0.25, 0.3) is 0 Å². The normalized spacial score (nSPS) is 11.9. The van der Waals surface area contributed by atoms with Gasteiger partial charge in [0, 0.05) is 10.8 Å². The molecule has 0 unspecified atom stereocenters. The topological polar surface area (TPSA) is 13.1 Å². The second-order valence-corrected chi connectivity index (χ2v) is 18.3. The average molecular weight is 871 g/mol.